The van der Waals surface area contributed by atoms with E-state index in [1.54, 1.807) is 13.0 Å². The van der Waals surface area contributed by atoms with Gasteiger partial charge in [-0.1, -0.05) is 29.8 Å². The summed E-state index contributed by atoms with van der Waals surface area (Å²) in [6, 6.07) is 9.57. The maximum Gasteiger partial charge on any atom is 0.342 e. The largest absolute Gasteiger partial charge is 0.462 e. The molecule has 1 aromatic carbocycles. The molecule has 0 radical (unpaired) electrons. The second-order valence-corrected chi connectivity index (χ2v) is 4.19. The van der Waals surface area contributed by atoms with Crippen LogP contribution in [-0.2, 0) is 4.74 Å². The number of benzene rings is 1. The Labute approximate surface area is 106 Å². The fourth-order valence-corrected chi connectivity index (χ4v) is 1.79. The van der Waals surface area contributed by atoms with Crippen LogP contribution in [0.5, 0.6) is 0 Å². The van der Waals surface area contributed by atoms with E-state index in [1.165, 1.54) is 5.56 Å². The first-order chi connectivity index (χ1) is 8.61. The van der Waals surface area contributed by atoms with Gasteiger partial charge in [0, 0.05) is 5.56 Å². The van der Waals surface area contributed by atoms with Crippen molar-refractivity contribution in [3.05, 3.63) is 47.2 Å². The molecule has 2 rings (SSSR count). The van der Waals surface area contributed by atoms with Crippen LogP contribution in [0, 0.1) is 13.8 Å². The summed E-state index contributed by atoms with van der Waals surface area (Å²) in [4.78, 5) is 11.8. The molecular formula is C15H16O3. The Morgan fingerprint density at radius 2 is 1.89 bits per heavy atom. The molecule has 1 heterocycles. The number of carbonyl (C=O) groups excluding carboxylic acids is 1. The second kappa shape index (κ2) is 5.08. The zero-order valence-electron chi connectivity index (χ0n) is 10.8. The zero-order valence-corrected chi connectivity index (χ0v) is 10.8. The Kier molecular flexibility index (Phi) is 3.51. The molecule has 94 valence electrons. The van der Waals surface area contributed by atoms with Crippen molar-refractivity contribution in [1.82, 2.24) is 0 Å². The van der Waals surface area contributed by atoms with Gasteiger partial charge in [-0.05, 0) is 26.8 Å². The van der Waals surface area contributed by atoms with Crippen molar-refractivity contribution in [3.8, 4) is 11.3 Å². The van der Waals surface area contributed by atoms with Crippen LogP contribution in [0.3, 0.4) is 0 Å². The Balaban J connectivity index is 2.44. The summed E-state index contributed by atoms with van der Waals surface area (Å²) in [6.45, 7) is 5.98. The van der Waals surface area contributed by atoms with E-state index in [0.717, 1.165) is 5.56 Å². The van der Waals surface area contributed by atoms with Crippen LogP contribution in [0.25, 0.3) is 11.3 Å². The normalized spacial score (nSPS) is 10.4. The molecule has 0 unspecified atom stereocenters. The summed E-state index contributed by atoms with van der Waals surface area (Å²) in [5.41, 5.74) is 2.54. The zero-order chi connectivity index (χ0) is 13.1. The predicted molar refractivity (Wildman–Crippen MR) is 69.6 cm³/mol. The lowest BCUT2D eigenvalue weighted by molar-refractivity contribution is 0.0527. The number of ether oxygens (including phenoxy) is 1. The van der Waals surface area contributed by atoms with E-state index in [-0.39, 0.29) is 5.97 Å². The van der Waals surface area contributed by atoms with Crippen LogP contribution < -0.4 is 0 Å². The summed E-state index contributed by atoms with van der Waals surface area (Å²) in [5.74, 6) is 0.935. The Morgan fingerprint density at radius 1 is 1.22 bits per heavy atom. The molecule has 0 aliphatic heterocycles. The van der Waals surface area contributed by atoms with E-state index in [0.29, 0.717) is 23.7 Å². The van der Waals surface area contributed by atoms with Gasteiger partial charge in [0.15, 0.2) is 0 Å². The molecule has 0 atom stereocenters. The number of hydrogen-bond donors (Lipinski definition) is 0. The number of hydrogen-bond acceptors (Lipinski definition) is 3. The molecular weight excluding hydrogens is 228 g/mol. The van der Waals surface area contributed by atoms with Crippen LogP contribution >= 0.6 is 0 Å². The number of carbonyl (C=O) groups is 1. The van der Waals surface area contributed by atoms with E-state index in [9.17, 15) is 4.79 Å². The van der Waals surface area contributed by atoms with E-state index < -0.39 is 0 Å². The Morgan fingerprint density at radius 3 is 2.50 bits per heavy atom. The topological polar surface area (TPSA) is 39.4 Å². The van der Waals surface area contributed by atoms with Gasteiger partial charge in [0.05, 0.1) is 6.61 Å². The van der Waals surface area contributed by atoms with Crippen LogP contribution in [-0.4, -0.2) is 12.6 Å². The van der Waals surface area contributed by atoms with Crippen LogP contribution in [0.15, 0.2) is 34.7 Å². The van der Waals surface area contributed by atoms with E-state index in [1.807, 2.05) is 38.1 Å². The van der Waals surface area contributed by atoms with Crippen LogP contribution in [0.2, 0.25) is 0 Å². The highest BCUT2D eigenvalue weighted by molar-refractivity contribution is 5.96. The molecule has 2 aromatic rings. The molecule has 0 aliphatic carbocycles. The van der Waals surface area contributed by atoms with Gasteiger partial charge in [0.25, 0.3) is 0 Å². The molecule has 18 heavy (non-hydrogen) atoms. The molecule has 0 amide bonds. The number of rotatable bonds is 3. The Hall–Kier alpha value is -2.03. The molecule has 0 bridgehead atoms. The van der Waals surface area contributed by atoms with E-state index >= 15 is 0 Å². The molecule has 3 heteroatoms. The highest BCUT2D eigenvalue weighted by Gasteiger charge is 2.18. The average molecular weight is 244 g/mol. The average Bonchev–Trinajstić information content (AvgIpc) is 2.73. The van der Waals surface area contributed by atoms with E-state index in [4.69, 9.17) is 9.15 Å². The standard InChI is InChI=1S/C15H16O3/c1-4-17-15(16)13-9-11(3)18-14(13)12-7-5-10(2)6-8-12/h5-9H,4H2,1-3H3. The Bertz CT molecular complexity index is 550. The van der Waals surface area contributed by atoms with Crippen molar-refractivity contribution in [2.75, 3.05) is 6.61 Å². The van der Waals surface area contributed by atoms with Gasteiger partial charge in [-0.25, -0.2) is 4.79 Å². The first kappa shape index (κ1) is 12.4. The highest BCUT2D eigenvalue weighted by atomic mass is 16.5. The first-order valence-corrected chi connectivity index (χ1v) is 5.96. The first-order valence-electron chi connectivity index (χ1n) is 5.96. The van der Waals surface area contributed by atoms with Gasteiger partial charge in [0.2, 0.25) is 0 Å². The summed E-state index contributed by atoms with van der Waals surface area (Å²) in [6.07, 6.45) is 0. The van der Waals surface area contributed by atoms with Crippen molar-refractivity contribution in [3.63, 3.8) is 0 Å². The third-order valence-corrected chi connectivity index (χ3v) is 2.66. The fraction of sp³-hybridized carbons (Fsp3) is 0.267. The molecule has 1 aromatic heterocycles. The molecule has 0 fully saturated rings. The quantitative estimate of drug-likeness (QED) is 0.772. The van der Waals surface area contributed by atoms with Crippen molar-refractivity contribution in [1.29, 1.82) is 0 Å². The van der Waals surface area contributed by atoms with Crippen LogP contribution in [0.1, 0.15) is 28.6 Å². The lowest BCUT2D eigenvalue weighted by Crippen LogP contribution is -2.04. The third kappa shape index (κ3) is 2.45. The number of esters is 1. The summed E-state index contributed by atoms with van der Waals surface area (Å²) in [7, 11) is 0. The van der Waals surface area contributed by atoms with Crippen molar-refractivity contribution in [2.45, 2.75) is 20.8 Å². The minimum Gasteiger partial charge on any atom is -0.462 e. The lowest BCUT2D eigenvalue weighted by Gasteiger charge is -2.03. The van der Waals surface area contributed by atoms with E-state index in [2.05, 4.69) is 0 Å². The SMILES string of the molecule is CCOC(=O)c1cc(C)oc1-c1ccc(C)cc1. The van der Waals surface area contributed by atoms with Gasteiger partial charge in [-0.2, -0.15) is 0 Å². The molecule has 3 nitrogen and oxygen atoms in total. The minimum atomic E-state index is -0.343. The second-order valence-electron chi connectivity index (χ2n) is 4.19. The van der Waals surface area contributed by atoms with Gasteiger partial charge >= 0.3 is 5.97 Å². The molecule has 0 spiro atoms. The van der Waals surface area contributed by atoms with Crippen LogP contribution in [0.4, 0.5) is 0 Å². The third-order valence-electron chi connectivity index (χ3n) is 2.66. The van der Waals surface area contributed by atoms with Gasteiger partial charge in [-0.15, -0.1) is 0 Å². The minimum absolute atomic E-state index is 0.343. The van der Waals surface area contributed by atoms with Gasteiger partial charge in [0.1, 0.15) is 17.1 Å². The molecule has 0 saturated heterocycles. The van der Waals surface area contributed by atoms with Gasteiger partial charge in [-0.3, -0.25) is 0 Å². The van der Waals surface area contributed by atoms with Crippen molar-refractivity contribution in [2.24, 2.45) is 0 Å². The monoisotopic (exact) mass is 244 g/mol. The molecule has 0 N–H and O–H groups in total. The number of aryl methyl sites for hydroxylation is 2. The fourth-order valence-electron chi connectivity index (χ4n) is 1.79. The number of furan rings is 1. The predicted octanol–water partition coefficient (Wildman–Crippen LogP) is 3.74. The summed E-state index contributed by atoms with van der Waals surface area (Å²) >= 11 is 0. The lowest BCUT2D eigenvalue weighted by atomic mass is 10.1. The maximum atomic E-state index is 11.8. The van der Waals surface area contributed by atoms with Crippen molar-refractivity contribution >= 4 is 5.97 Å². The highest BCUT2D eigenvalue weighted by Crippen LogP contribution is 2.28. The molecule has 0 aliphatic rings. The molecule has 0 saturated carbocycles. The van der Waals surface area contributed by atoms with Gasteiger partial charge < -0.3 is 9.15 Å². The smallest absolute Gasteiger partial charge is 0.342 e. The summed E-state index contributed by atoms with van der Waals surface area (Å²) in [5, 5.41) is 0. The maximum absolute atomic E-state index is 11.8. The van der Waals surface area contributed by atoms with Crippen molar-refractivity contribution < 1.29 is 13.9 Å². The summed E-state index contributed by atoms with van der Waals surface area (Å²) < 4.78 is 10.6.